The highest BCUT2D eigenvalue weighted by molar-refractivity contribution is 7.99. The SMILES string of the molecule is O=C(O)CC1(CSCC(O)COCc2ccccc2)CC1. The first-order valence-electron chi connectivity index (χ1n) is 7.19. The van der Waals surface area contributed by atoms with Crippen LogP contribution in [-0.4, -0.2) is 40.4 Å². The van der Waals surface area contributed by atoms with Crippen LogP contribution >= 0.6 is 11.8 Å². The minimum Gasteiger partial charge on any atom is -0.481 e. The van der Waals surface area contributed by atoms with Crippen molar-refractivity contribution in [1.82, 2.24) is 0 Å². The first kappa shape index (κ1) is 16.3. The van der Waals surface area contributed by atoms with E-state index in [0.717, 1.165) is 24.2 Å². The average Bonchev–Trinajstić information content (AvgIpc) is 3.19. The van der Waals surface area contributed by atoms with Crippen molar-refractivity contribution in [3.8, 4) is 0 Å². The van der Waals surface area contributed by atoms with Crippen LogP contribution in [0, 0.1) is 5.41 Å². The lowest BCUT2D eigenvalue weighted by Crippen LogP contribution is -2.19. The van der Waals surface area contributed by atoms with Crippen molar-refractivity contribution < 1.29 is 19.7 Å². The summed E-state index contributed by atoms with van der Waals surface area (Å²) in [5, 5.41) is 18.7. The number of thioether (sulfide) groups is 1. The molecule has 4 nitrogen and oxygen atoms in total. The van der Waals surface area contributed by atoms with Crippen molar-refractivity contribution in [3.63, 3.8) is 0 Å². The molecule has 0 heterocycles. The van der Waals surface area contributed by atoms with E-state index in [1.54, 1.807) is 11.8 Å². The molecule has 0 amide bonds. The number of carbonyl (C=O) groups is 1. The highest BCUT2D eigenvalue weighted by Gasteiger charge is 2.44. The molecule has 1 fully saturated rings. The predicted octanol–water partition coefficient (Wildman–Crippen LogP) is 2.55. The number of carboxylic acids is 1. The Morgan fingerprint density at radius 3 is 2.67 bits per heavy atom. The lowest BCUT2D eigenvalue weighted by atomic mass is 10.1. The van der Waals surface area contributed by atoms with Crippen LogP contribution in [-0.2, 0) is 16.1 Å². The number of aliphatic carboxylic acids is 1. The number of aliphatic hydroxyl groups excluding tert-OH is 1. The van der Waals surface area contributed by atoms with Crippen LogP contribution in [0.4, 0.5) is 0 Å². The quantitative estimate of drug-likeness (QED) is 0.695. The summed E-state index contributed by atoms with van der Waals surface area (Å²) in [4.78, 5) is 10.7. The van der Waals surface area contributed by atoms with E-state index in [0.29, 0.717) is 19.0 Å². The fraction of sp³-hybridized carbons (Fsp3) is 0.562. The second-order valence-electron chi connectivity index (χ2n) is 5.74. The van der Waals surface area contributed by atoms with E-state index in [4.69, 9.17) is 9.84 Å². The minimum absolute atomic E-state index is 0.0128. The molecule has 2 N–H and O–H groups in total. The summed E-state index contributed by atoms with van der Waals surface area (Å²) in [6.45, 7) is 0.819. The van der Waals surface area contributed by atoms with Crippen LogP contribution in [0.1, 0.15) is 24.8 Å². The maximum atomic E-state index is 10.7. The maximum absolute atomic E-state index is 10.7. The molecule has 1 atom stereocenters. The zero-order chi connectivity index (χ0) is 15.1. The first-order chi connectivity index (χ1) is 10.1. The van der Waals surface area contributed by atoms with Gasteiger partial charge in [0.2, 0.25) is 0 Å². The summed E-state index contributed by atoms with van der Waals surface area (Å²) in [6.07, 6.45) is 1.74. The summed E-state index contributed by atoms with van der Waals surface area (Å²) >= 11 is 1.63. The van der Waals surface area contributed by atoms with Gasteiger partial charge in [0.15, 0.2) is 0 Å². The highest BCUT2D eigenvalue weighted by atomic mass is 32.2. The van der Waals surface area contributed by atoms with Crippen LogP contribution in [0.2, 0.25) is 0 Å². The Kier molecular flexibility index (Phi) is 6.08. The van der Waals surface area contributed by atoms with Crippen LogP contribution in [0.5, 0.6) is 0 Å². The molecule has 116 valence electrons. The molecule has 0 spiro atoms. The van der Waals surface area contributed by atoms with Crippen LogP contribution in [0.15, 0.2) is 30.3 Å². The van der Waals surface area contributed by atoms with Gasteiger partial charge >= 0.3 is 5.97 Å². The topological polar surface area (TPSA) is 66.8 Å². The number of benzene rings is 1. The molecule has 1 saturated carbocycles. The fourth-order valence-electron chi connectivity index (χ4n) is 2.22. The van der Waals surface area contributed by atoms with E-state index in [-0.39, 0.29) is 11.8 Å². The Morgan fingerprint density at radius 2 is 2.05 bits per heavy atom. The van der Waals surface area contributed by atoms with Gasteiger partial charge in [0, 0.05) is 5.75 Å². The zero-order valence-corrected chi connectivity index (χ0v) is 12.8. The van der Waals surface area contributed by atoms with Crippen LogP contribution in [0.3, 0.4) is 0 Å². The van der Waals surface area contributed by atoms with Gasteiger partial charge in [-0.2, -0.15) is 11.8 Å². The van der Waals surface area contributed by atoms with Gasteiger partial charge in [-0.15, -0.1) is 0 Å². The summed E-state index contributed by atoms with van der Waals surface area (Å²) in [5.41, 5.74) is 1.08. The number of ether oxygens (including phenoxy) is 1. The fourth-order valence-corrected chi connectivity index (χ4v) is 3.53. The second-order valence-corrected chi connectivity index (χ2v) is 6.77. The standard InChI is InChI=1S/C16H22O4S/c17-14(10-20-9-13-4-2-1-3-5-13)11-21-12-16(6-7-16)8-15(18)19/h1-5,14,17H,6-12H2,(H,18,19). The zero-order valence-electron chi connectivity index (χ0n) is 12.0. The number of aliphatic hydroxyl groups is 1. The Balaban J connectivity index is 1.56. The lowest BCUT2D eigenvalue weighted by Gasteiger charge is -2.14. The molecule has 2 rings (SSSR count). The number of hydrogen-bond donors (Lipinski definition) is 2. The number of carboxylic acid groups (broad SMARTS) is 1. The van der Waals surface area contributed by atoms with E-state index < -0.39 is 12.1 Å². The molecule has 1 aromatic rings. The van der Waals surface area contributed by atoms with E-state index in [9.17, 15) is 9.90 Å². The molecular weight excluding hydrogens is 288 g/mol. The predicted molar refractivity (Wildman–Crippen MR) is 83.3 cm³/mol. The molecule has 21 heavy (non-hydrogen) atoms. The van der Waals surface area contributed by atoms with Gasteiger partial charge in [-0.25, -0.2) is 0 Å². The summed E-state index contributed by atoms with van der Waals surface area (Å²) in [5.74, 6) is 0.686. The number of rotatable bonds is 10. The third-order valence-corrected chi connectivity index (χ3v) is 5.06. The molecule has 0 saturated heterocycles. The summed E-state index contributed by atoms with van der Waals surface area (Å²) in [6, 6.07) is 9.86. The molecule has 1 aromatic carbocycles. The highest BCUT2D eigenvalue weighted by Crippen LogP contribution is 2.51. The summed E-state index contributed by atoms with van der Waals surface area (Å²) in [7, 11) is 0. The Hall–Kier alpha value is -1.04. The third-order valence-electron chi connectivity index (χ3n) is 3.62. The van der Waals surface area contributed by atoms with Crippen LogP contribution < -0.4 is 0 Å². The summed E-state index contributed by atoms with van der Waals surface area (Å²) < 4.78 is 5.49. The maximum Gasteiger partial charge on any atom is 0.303 e. The second kappa shape index (κ2) is 7.82. The largest absolute Gasteiger partial charge is 0.481 e. The Bertz CT molecular complexity index is 445. The smallest absolute Gasteiger partial charge is 0.303 e. The minimum atomic E-state index is -0.722. The van der Waals surface area contributed by atoms with Crippen molar-refractivity contribution >= 4 is 17.7 Å². The van der Waals surface area contributed by atoms with Gasteiger partial charge in [0.25, 0.3) is 0 Å². The molecule has 0 aromatic heterocycles. The normalized spacial score (nSPS) is 17.4. The molecule has 0 aliphatic heterocycles. The van der Waals surface area contributed by atoms with Crippen molar-refractivity contribution in [1.29, 1.82) is 0 Å². The van der Waals surface area contributed by atoms with Gasteiger partial charge in [-0.1, -0.05) is 30.3 Å². The van der Waals surface area contributed by atoms with E-state index >= 15 is 0 Å². The van der Waals surface area contributed by atoms with Crippen molar-refractivity contribution in [2.45, 2.75) is 32.0 Å². The van der Waals surface area contributed by atoms with Crippen molar-refractivity contribution in [2.24, 2.45) is 5.41 Å². The first-order valence-corrected chi connectivity index (χ1v) is 8.34. The van der Waals surface area contributed by atoms with E-state index in [2.05, 4.69) is 0 Å². The van der Waals surface area contributed by atoms with Crippen LogP contribution in [0.25, 0.3) is 0 Å². The molecule has 1 aliphatic carbocycles. The van der Waals surface area contributed by atoms with E-state index in [1.165, 1.54) is 0 Å². The lowest BCUT2D eigenvalue weighted by molar-refractivity contribution is -0.138. The molecule has 5 heteroatoms. The van der Waals surface area contributed by atoms with Gasteiger partial charge < -0.3 is 14.9 Å². The molecule has 1 aliphatic rings. The molecule has 0 bridgehead atoms. The van der Waals surface area contributed by atoms with Crippen molar-refractivity contribution in [2.75, 3.05) is 18.1 Å². The van der Waals surface area contributed by atoms with E-state index in [1.807, 2.05) is 30.3 Å². The van der Waals surface area contributed by atoms with Gasteiger partial charge in [-0.3, -0.25) is 4.79 Å². The Morgan fingerprint density at radius 1 is 1.33 bits per heavy atom. The molecule has 0 radical (unpaired) electrons. The van der Waals surface area contributed by atoms with Gasteiger partial charge in [0.05, 0.1) is 25.7 Å². The number of hydrogen-bond acceptors (Lipinski definition) is 4. The van der Waals surface area contributed by atoms with Crippen molar-refractivity contribution in [3.05, 3.63) is 35.9 Å². The van der Waals surface area contributed by atoms with Gasteiger partial charge in [0.1, 0.15) is 0 Å². The van der Waals surface area contributed by atoms with Gasteiger partial charge in [-0.05, 0) is 29.6 Å². The molecule has 1 unspecified atom stereocenters. The molecular formula is C16H22O4S. The third kappa shape index (κ3) is 6.08. The Labute approximate surface area is 129 Å². The average molecular weight is 310 g/mol. The monoisotopic (exact) mass is 310 g/mol.